The minimum absolute atomic E-state index is 0. The Morgan fingerprint density at radius 2 is 2.20 bits per heavy atom. The monoisotopic (exact) mass is 287 g/mol. The second-order valence-electron chi connectivity index (χ2n) is 4.17. The van der Waals surface area contributed by atoms with Gasteiger partial charge < -0.3 is 20.0 Å². The fourth-order valence-corrected chi connectivity index (χ4v) is 1.79. The summed E-state index contributed by atoms with van der Waals surface area (Å²) in [6.07, 6.45) is 8.25. The average Bonchev–Trinajstić information content (AvgIpc) is 2.37. The van der Waals surface area contributed by atoms with Crippen molar-refractivity contribution in [3.63, 3.8) is 0 Å². The number of hydrogen-bond donors (Lipinski definition) is 1. The maximum Gasteiger partial charge on any atom is 1.00 e. The second-order valence-corrected chi connectivity index (χ2v) is 4.17. The Bertz CT molecular complexity index is 440. The van der Waals surface area contributed by atoms with Gasteiger partial charge in [0.25, 0.3) is 0 Å². The molecule has 0 radical (unpaired) electrons. The van der Waals surface area contributed by atoms with Gasteiger partial charge in [0.15, 0.2) is 0 Å². The summed E-state index contributed by atoms with van der Waals surface area (Å²) >= 11 is 0. The van der Waals surface area contributed by atoms with E-state index in [0.717, 1.165) is 5.57 Å². The normalized spacial score (nSPS) is 15.7. The van der Waals surface area contributed by atoms with Crippen molar-refractivity contribution in [1.29, 1.82) is 0 Å². The third-order valence-electron chi connectivity index (χ3n) is 2.64. The molecule has 0 unspecified atom stereocenters. The van der Waals surface area contributed by atoms with Crippen molar-refractivity contribution in [3.05, 3.63) is 35.6 Å². The van der Waals surface area contributed by atoms with Gasteiger partial charge in [0.05, 0.1) is 18.6 Å². The Morgan fingerprint density at radius 3 is 2.70 bits per heavy atom. The molecule has 0 aliphatic heterocycles. The maximum atomic E-state index is 11.3. The van der Waals surface area contributed by atoms with Crippen molar-refractivity contribution in [2.75, 3.05) is 6.61 Å². The van der Waals surface area contributed by atoms with Crippen molar-refractivity contribution in [1.82, 2.24) is 5.32 Å². The van der Waals surface area contributed by atoms with Gasteiger partial charge in [0.2, 0.25) is 0 Å². The third-order valence-corrected chi connectivity index (χ3v) is 2.64. The van der Waals surface area contributed by atoms with Crippen LogP contribution >= 0.6 is 0 Å². The molecule has 0 heterocycles. The molecule has 0 aromatic heterocycles. The summed E-state index contributed by atoms with van der Waals surface area (Å²) in [5, 5.41) is 13.9. The molecule has 20 heavy (non-hydrogen) atoms. The zero-order valence-corrected chi connectivity index (χ0v) is 14.1. The molecule has 0 aromatic rings. The van der Waals surface area contributed by atoms with Gasteiger partial charge in [-0.1, -0.05) is 18.2 Å². The fourth-order valence-electron chi connectivity index (χ4n) is 1.79. The van der Waals surface area contributed by atoms with Crippen molar-refractivity contribution in [2.45, 2.75) is 32.7 Å². The van der Waals surface area contributed by atoms with Crippen LogP contribution in [0.5, 0.6) is 0 Å². The first kappa shape index (κ1) is 19.0. The summed E-state index contributed by atoms with van der Waals surface area (Å²) < 4.78 is 4.76. The molecule has 6 heteroatoms. The number of carbonyl (C=O) groups is 2. The number of rotatable bonds is 6. The number of carboxylic acid groups (broad SMARTS) is 1. The number of aliphatic carboxylic acids is 1. The zero-order valence-electron chi connectivity index (χ0n) is 12.1. The van der Waals surface area contributed by atoms with Gasteiger partial charge in [-0.3, -0.25) is 0 Å². The van der Waals surface area contributed by atoms with E-state index in [1.165, 1.54) is 6.08 Å². The van der Waals surface area contributed by atoms with E-state index in [1.54, 1.807) is 13.8 Å². The van der Waals surface area contributed by atoms with Crippen LogP contribution in [0.25, 0.3) is 0 Å². The van der Waals surface area contributed by atoms with Crippen LogP contribution < -0.4 is 40.0 Å². The van der Waals surface area contributed by atoms with Crippen molar-refractivity contribution < 1.29 is 49.0 Å². The van der Waals surface area contributed by atoms with Crippen LogP contribution in [0.2, 0.25) is 0 Å². The minimum Gasteiger partial charge on any atom is -0.548 e. The molecule has 104 valence electrons. The maximum absolute atomic E-state index is 11.3. The number of hydrogen-bond acceptors (Lipinski definition) is 5. The molecule has 0 fully saturated rings. The molecule has 5 nitrogen and oxygen atoms in total. The molecule has 1 N–H and O–H groups in total. The van der Waals surface area contributed by atoms with Crippen LogP contribution in [0, 0.1) is 0 Å². The summed E-state index contributed by atoms with van der Waals surface area (Å²) in [5.74, 6) is -1.71. The molecular formula is C14H18NNaO4. The standard InChI is InChI=1S/C14H19NO4.Na/c1-3-19-12(16)9-10(2)15-13(14(17)18)11-7-5-4-6-8-11;/h4-5,8-9,13,15H,3,6-7H2,1-2H3,(H,17,18);/q;+1/p-1/t13-;/m1./s1. The molecular weight excluding hydrogens is 269 g/mol. The Labute approximate surface area is 141 Å². The summed E-state index contributed by atoms with van der Waals surface area (Å²) in [4.78, 5) is 22.4. The van der Waals surface area contributed by atoms with Gasteiger partial charge in [-0.25, -0.2) is 4.79 Å². The quantitative estimate of drug-likeness (QED) is 0.252. The van der Waals surface area contributed by atoms with Crippen molar-refractivity contribution >= 4 is 11.9 Å². The smallest absolute Gasteiger partial charge is 0.548 e. The molecule has 1 rings (SSSR count). The second kappa shape index (κ2) is 9.80. The van der Waals surface area contributed by atoms with Crippen molar-refractivity contribution in [2.24, 2.45) is 0 Å². The predicted octanol–water partition coefficient (Wildman–Crippen LogP) is -2.56. The Kier molecular flexibility index (Phi) is 9.29. The van der Waals surface area contributed by atoms with E-state index in [-0.39, 0.29) is 36.2 Å². The molecule has 0 aromatic carbocycles. The summed E-state index contributed by atoms with van der Waals surface area (Å²) in [7, 11) is 0. The molecule has 1 aliphatic carbocycles. The van der Waals surface area contributed by atoms with E-state index in [0.29, 0.717) is 18.5 Å². The Morgan fingerprint density at radius 1 is 1.50 bits per heavy atom. The number of carbonyl (C=O) groups excluding carboxylic acids is 2. The molecule has 0 saturated carbocycles. The molecule has 0 bridgehead atoms. The molecule has 0 spiro atoms. The third kappa shape index (κ3) is 6.41. The van der Waals surface area contributed by atoms with Gasteiger partial charge in [-0.05, 0) is 32.3 Å². The number of allylic oxidation sites excluding steroid dienone is 4. The molecule has 1 atom stereocenters. The number of esters is 1. The summed E-state index contributed by atoms with van der Waals surface area (Å²) in [6, 6.07) is -0.921. The average molecular weight is 287 g/mol. The van der Waals surface area contributed by atoms with Gasteiger partial charge >= 0.3 is 35.5 Å². The first-order valence-electron chi connectivity index (χ1n) is 6.21. The van der Waals surface area contributed by atoms with E-state index >= 15 is 0 Å². The van der Waals surface area contributed by atoms with Crippen LogP contribution in [0.3, 0.4) is 0 Å². The van der Waals surface area contributed by atoms with E-state index in [1.807, 2.05) is 18.2 Å². The van der Waals surface area contributed by atoms with E-state index in [4.69, 9.17) is 4.74 Å². The SMILES string of the molecule is CCOC(=O)C=C(C)N[C@@H](C(=O)[O-])C1=CCC=CC1.[Na+]. The van der Waals surface area contributed by atoms with Crippen molar-refractivity contribution in [3.8, 4) is 0 Å². The predicted molar refractivity (Wildman–Crippen MR) is 68.8 cm³/mol. The first-order valence-corrected chi connectivity index (χ1v) is 6.21. The minimum atomic E-state index is -1.21. The summed E-state index contributed by atoms with van der Waals surface area (Å²) in [6.45, 7) is 3.60. The first-order chi connectivity index (χ1) is 9.04. The zero-order chi connectivity index (χ0) is 14.3. The van der Waals surface area contributed by atoms with Gasteiger partial charge in [0.1, 0.15) is 0 Å². The number of ether oxygens (including phenoxy) is 1. The number of nitrogens with one attached hydrogen (secondary N) is 1. The van der Waals surface area contributed by atoms with E-state index in [9.17, 15) is 14.7 Å². The Hall–Kier alpha value is -1.04. The fraction of sp³-hybridized carbons (Fsp3) is 0.429. The van der Waals surface area contributed by atoms with Gasteiger partial charge in [-0.15, -0.1) is 0 Å². The van der Waals surface area contributed by atoms with Crippen LogP contribution in [-0.2, 0) is 14.3 Å². The van der Waals surface area contributed by atoms with Crippen LogP contribution in [0.4, 0.5) is 0 Å². The van der Waals surface area contributed by atoms with Crippen LogP contribution in [0.15, 0.2) is 35.6 Å². The van der Waals surface area contributed by atoms with E-state index in [2.05, 4.69) is 5.32 Å². The molecule has 1 aliphatic rings. The summed E-state index contributed by atoms with van der Waals surface area (Å²) in [5.41, 5.74) is 1.17. The van der Waals surface area contributed by atoms with E-state index < -0.39 is 18.0 Å². The van der Waals surface area contributed by atoms with Crippen LogP contribution in [0.1, 0.15) is 26.7 Å². The number of carboxylic acids is 1. The Balaban J connectivity index is 0.00000361. The molecule has 0 saturated heterocycles. The molecule has 0 amide bonds. The topological polar surface area (TPSA) is 78.5 Å². The van der Waals surface area contributed by atoms with Crippen LogP contribution in [-0.4, -0.2) is 24.6 Å². The largest absolute Gasteiger partial charge is 1.00 e. The van der Waals surface area contributed by atoms with Gasteiger partial charge in [0, 0.05) is 11.8 Å². The van der Waals surface area contributed by atoms with Gasteiger partial charge in [-0.2, -0.15) is 0 Å².